The molecule has 0 saturated heterocycles. The van der Waals surface area contributed by atoms with E-state index in [1.807, 2.05) is 13.8 Å². The van der Waals surface area contributed by atoms with Gasteiger partial charge in [-0.05, 0) is 82.6 Å². The highest BCUT2D eigenvalue weighted by molar-refractivity contribution is 6.05. The molecule has 0 bridgehead atoms. The van der Waals surface area contributed by atoms with Crippen LogP contribution in [0.1, 0.15) is 48.9 Å². The molecule has 0 fully saturated rings. The second-order valence-corrected chi connectivity index (χ2v) is 13.1. The summed E-state index contributed by atoms with van der Waals surface area (Å²) in [5.74, 6) is -1.90. The van der Waals surface area contributed by atoms with Gasteiger partial charge in [-0.3, -0.25) is 29.1 Å². The van der Waals surface area contributed by atoms with Crippen LogP contribution in [-0.4, -0.2) is 82.8 Å². The van der Waals surface area contributed by atoms with Gasteiger partial charge in [-0.15, -0.1) is 0 Å². The lowest BCUT2D eigenvalue weighted by Crippen LogP contribution is -2.41. The zero-order valence-corrected chi connectivity index (χ0v) is 33.9. The molecule has 0 aliphatic heterocycles. The van der Waals surface area contributed by atoms with E-state index in [1.54, 1.807) is 132 Å². The monoisotopic (exact) mass is 822 g/mol. The van der Waals surface area contributed by atoms with E-state index in [0.29, 0.717) is 59.6 Å². The van der Waals surface area contributed by atoms with E-state index in [4.69, 9.17) is 15.8 Å². The van der Waals surface area contributed by atoms with E-state index < -0.39 is 23.6 Å². The van der Waals surface area contributed by atoms with Gasteiger partial charge in [-0.1, -0.05) is 84.7 Å². The number of hydrogen-bond donors (Lipinski definition) is 2. The van der Waals surface area contributed by atoms with Gasteiger partial charge < -0.3 is 25.2 Å². The number of nitrogens with one attached hydrogen (secondary N) is 2. The van der Waals surface area contributed by atoms with Crippen LogP contribution in [-0.2, 0) is 23.9 Å². The fourth-order valence-electron chi connectivity index (χ4n) is 5.62. The highest BCUT2D eigenvalue weighted by atomic mass is 16.5. The average molecular weight is 823 g/mol. The maximum Gasteiger partial charge on any atom is 0.270 e. The highest BCUT2D eigenvalue weighted by Crippen LogP contribution is 2.16. The lowest BCUT2D eigenvalue weighted by Gasteiger charge is -2.25. The molecule has 0 aliphatic carbocycles. The topological polar surface area (TPSA) is 231 Å². The van der Waals surface area contributed by atoms with Gasteiger partial charge in [-0.2, -0.15) is 0 Å². The molecule has 2 heterocycles. The lowest BCUT2D eigenvalue weighted by molar-refractivity contribution is -0.130. The Labute approximate surface area is 353 Å². The van der Waals surface area contributed by atoms with Gasteiger partial charge >= 0.3 is 0 Å². The third-order valence-electron chi connectivity index (χ3n) is 8.50. The predicted molar refractivity (Wildman–Crippen MR) is 234 cm³/mol. The summed E-state index contributed by atoms with van der Waals surface area (Å²) in [4.78, 5) is 71.0. The lowest BCUT2D eigenvalue weighted by atomic mass is 10.2. The molecule has 2 aromatic carbocycles. The molecular formula is C44H46N12O5. The molecule has 17 nitrogen and oxygen atoms in total. The first kappa shape index (κ1) is 45.9. The van der Waals surface area contributed by atoms with Crippen molar-refractivity contribution in [3.05, 3.63) is 164 Å². The van der Waals surface area contributed by atoms with Gasteiger partial charge in [-0.25, -0.2) is 0 Å². The van der Waals surface area contributed by atoms with Crippen LogP contribution in [0.2, 0.25) is 0 Å². The van der Waals surface area contributed by atoms with Crippen LogP contribution in [0.5, 0.6) is 0 Å². The molecule has 312 valence electrons. The van der Waals surface area contributed by atoms with Crippen LogP contribution >= 0.6 is 0 Å². The van der Waals surface area contributed by atoms with Gasteiger partial charge in [0.2, 0.25) is 11.8 Å². The van der Waals surface area contributed by atoms with Crippen LogP contribution < -0.4 is 10.6 Å². The van der Waals surface area contributed by atoms with Crippen molar-refractivity contribution in [2.45, 2.75) is 26.7 Å². The van der Waals surface area contributed by atoms with Crippen molar-refractivity contribution in [1.29, 1.82) is 0 Å². The molecular weight excluding hydrogens is 777 g/mol. The Balaban J connectivity index is 1.41. The standard InChI is InChI=1S/C44H46N12O5/c1-3-23-55(43(59)39(29-35-7-5-21-47-31-35)49-41(57)19-13-33-9-15-37(16-10-33)51-53-45)25-27-61-28-26-56(24-4-2)44(60)40(30-36-8-6-22-48-32-36)50-42(58)20-14-34-11-17-38(18-12-34)52-54-46/h5-22,29-32H,3-4,23-28H2,1-2H3,(H,49,57)(H,50,58)/b19-13+,20-14+,39-29-,40-30-. The summed E-state index contributed by atoms with van der Waals surface area (Å²) >= 11 is 0. The van der Waals surface area contributed by atoms with Crippen LogP contribution in [0.15, 0.2) is 131 Å². The first-order valence-electron chi connectivity index (χ1n) is 19.4. The fraction of sp³-hybridized carbons (Fsp3) is 0.227. The predicted octanol–water partition coefficient (Wildman–Crippen LogP) is 7.90. The van der Waals surface area contributed by atoms with Gasteiger partial charge in [0.1, 0.15) is 11.4 Å². The van der Waals surface area contributed by atoms with Gasteiger partial charge in [0, 0.05) is 84.3 Å². The maximum atomic E-state index is 14.0. The number of azide groups is 2. The molecule has 0 radical (unpaired) electrons. The molecule has 0 atom stereocenters. The number of amides is 4. The van der Waals surface area contributed by atoms with Crippen molar-refractivity contribution >= 4 is 59.3 Å². The molecule has 2 N–H and O–H groups in total. The van der Waals surface area contributed by atoms with Crippen LogP contribution in [0.4, 0.5) is 11.4 Å². The molecule has 0 spiro atoms. The summed E-state index contributed by atoms with van der Waals surface area (Å²) in [5, 5.41) is 12.5. The Kier molecular flexibility index (Phi) is 19.2. The maximum absolute atomic E-state index is 14.0. The van der Waals surface area contributed by atoms with E-state index in [9.17, 15) is 19.2 Å². The second-order valence-electron chi connectivity index (χ2n) is 13.1. The van der Waals surface area contributed by atoms with E-state index in [-0.39, 0.29) is 37.7 Å². The number of rotatable bonds is 22. The summed E-state index contributed by atoms with van der Waals surface area (Å²) in [5.41, 5.74) is 20.8. The molecule has 4 amide bonds. The number of carbonyl (C=O) groups excluding carboxylic acids is 4. The number of hydrogen-bond acceptors (Lipinski definition) is 9. The molecule has 0 unspecified atom stereocenters. The SMILES string of the molecule is CCCN(CCOCCN(CCC)C(=O)/C(=C/c1cccnc1)NC(=O)/C=C/c1ccc(N=[N+]=[N-])cc1)C(=O)/C(=C/c1cccnc1)NC(=O)/C=C/c1ccc(N=[N+]=[N-])cc1. The van der Waals surface area contributed by atoms with Gasteiger partial charge in [0.15, 0.2) is 0 Å². The number of ether oxygens (including phenoxy) is 1. The Morgan fingerprint density at radius 3 is 1.38 bits per heavy atom. The quantitative estimate of drug-likeness (QED) is 0.0261. The minimum atomic E-state index is -0.529. The Bertz CT molecular complexity index is 2140. The number of pyridine rings is 2. The summed E-state index contributed by atoms with van der Waals surface area (Å²) < 4.78 is 5.97. The molecule has 0 aliphatic rings. The fourth-order valence-corrected chi connectivity index (χ4v) is 5.62. The van der Waals surface area contributed by atoms with Crippen molar-refractivity contribution in [1.82, 2.24) is 30.4 Å². The van der Waals surface area contributed by atoms with E-state index in [1.165, 1.54) is 12.2 Å². The van der Waals surface area contributed by atoms with E-state index in [0.717, 1.165) is 0 Å². The van der Waals surface area contributed by atoms with Gasteiger partial charge in [0.05, 0.1) is 13.2 Å². The molecule has 17 heteroatoms. The Hall–Kier alpha value is -7.84. The smallest absolute Gasteiger partial charge is 0.270 e. The Morgan fingerprint density at radius 1 is 0.623 bits per heavy atom. The van der Waals surface area contributed by atoms with Crippen LogP contribution in [0.3, 0.4) is 0 Å². The first-order chi connectivity index (χ1) is 29.7. The Morgan fingerprint density at radius 2 is 1.03 bits per heavy atom. The largest absolute Gasteiger partial charge is 0.378 e. The number of aromatic nitrogens is 2. The van der Waals surface area contributed by atoms with E-state index in [2.05, 4.69) is 40.7 Å². The zero-order chi connectivity index (χ0) is 43.7. The molecule has 4 aromatic rings. The third kappa shape index (κ3) is 16.1. The summed E-state index contributed by atoms with van der Waals surface area (Å²) in [6.07, 6.45) is 16.5. The number of benzene rings is 2. The van der Waals surface area contributed by atoms with Crippen molar-refractivity contribution in [2.24, 2.45) is 10.2 Å². The van der Waals surface area contributed by atoms with Gasteiger partial charge in [0.25, 0.3) is 11.8 Å². The van der Waals surface area contributed by atoms with Crippen molar-refractivity contribution in [3.63, 3.8) is 0 Å². The average Bonchev–Trinajstić information content (AvgIpc) is 3.27. The van der Waals surface area contributed by atoms with Crippen LogP contribution in [0, 0.1) is 0 Å². The molecule has 61 heavy (non-hydrogen) atoms. The molecule has 4 rings (SSSR count). The first-order valence-corrected chi connectivity index (χ1v) is 19.4. The molecule has 0 saturated carbocycles. The third-order valence-corrected chi connectivity index (χ3v) is 8.50. The van der Waals surface area contributed by atoms with Crippen molar-refractivity contribution < 1.29 is 23.9 Å². The molecule has 2 aromatic heterocycles. The zero-order valence-electron chi connectivity index (χ0n) is 33.9. The normalized spacial score (nSPS) is 11.4. The summed E-state index contributed by atoms with van der Waals surface area (Å²) in [7, 11) is 0. The number of carbonyl (C=O) groups is 4. The minimum Gasteiger partial charge on any atom is -0.378 e. The van der Waals surface area contributed by atoms with Crippen molar-refractivity contribution in [3.8, 4) is 0 Å². The second kappa shape index (κ2) is 25.5. The summed E-state index contributed by atoms with van der Waals surface area (Å²) in [6, 6.07) is 20.2. The number of nitrogens with zero attached hydrogens (tertiary/aromatic N) is 10. The highest BCUT2D eigenvalue weighted by Gasteiger charge is 2.21. The minimum absolute atomic E-state index is 0.0441. The van der Waals surface area contributed by atoms with Crippen molar-refractivity contribution in [2.75, 3.05) is 39.4 Å². The summed E-state index contributed by atoms with van der Waals surface area (Å²) in [6.45, 7) is 5.32. The van der Waals surface area contributed by atoms with E-state index >= 15 is 0 Å². The van der Waals surface area contributed by atoms with Crippen LogP contribution in [0.25, 0.3) is 45.2 Å².